The molecule has 1 unspecified atom stereocenters. The fraction of sp³-hybridized carbons (Fsp3) is 0.500. The van der Waals surface area contributed by atoms with Gasteiger partial charge in [0.05, 0.1) is 0 Å². The summed E-state index contributed by atoms with van der Waals surface area (Å²) in [5.41, 5.74) is 0. The van der Waals surface area contributed by atoms with E-state index in [1.165, 1.54) is 36.6 Å². The Morgan fingerprint density at radius 3 is 2.86 bits per heavy atom. The fourth-order valence-corrected chi connectivity index (χ4v) is 2.86. The molecule has 2 rings (SSSR count). The van der Waals surface area contributed by atoms with Gasteiger partial charge in [0.25, 0.3) is 0 Å². The first-order valence-electron chi connectivity index (χ1n) is 5.34. The topological polar surface area (TPSA) is 12.0 Å². The number of hydrogen-bond donors (Lipinski definition) is 1. The number of rotatable bonds is 3. The van der Waals surface area contributed by atoms with Crippen LogP contribution >= 0.6 is 11.8 Å². The molecule has 2 heteroatoms. The summed E-state index contributed by atoms with van der Waals surface area (Å²) in [6.07, 6.45) is 2.74. The third kappa shape index (κ3) is 3.03. The summed E-state index contributed by atoms with van der Waals surface area (Å²) < 4.78 is 0. The monoisotopic (exact) mass is 207 g/mol. The fourth-order valence-electron chi connectivity index (χ4n) is 1.80. The molecule has 1 N–H and O–H groups in total. The van der Waals surface area contributed by atoms with Crippen LogP contribution in [0, 0.1) is 5.92 Å². The molecule has 76 valence electrons. The molecule has 1 fully saturated rings. The van der Waals surface area contributed by atoms with Gasteiger partial charge in [0.1, 0.15) is 0 Å². The molecular formula is C12H17NS. The molecule has 0 spiro atoms. The molecule has 0 bridgehead atoms. The lowest BCUT2D eigenvalue weighted by Crippen LogP contribution is -2.30. The zero-order chi connectivity index (χ0) is 9.64. The van der Waals surface area contributed by atoms with Gasteiger partial charge in [-0.3, -0.25) is 0 Å². The van der Waals surface area contributed by atoms with Crippen molar-refractivity contribution in [3.05, 3.63) is 30.3 Å². The van der Waals surface area contributed by atoms with Crippen molar-refractivity contribution in [2.24, 2.45) is 5.92 Å². The summed E-state index contributed by atoms with van der Waals surface area (Å²) in [6, 6.07) is 10.7. The van der Waals surface area contributed by atoms with Crippen molar-refractivity contribution in [2.45, 2.75) is 17.7 Å². The minimum atomic E-state index is 0.869. The minimum absolute atomic E-state index is 0.869. The quantitative estimate of drug-likeness (QED) is 0.765. The van der Waals surface area contributed by atoms with Crippen LogP contribution in [0.1, 0.15) is 12.8 Å². The molecule has 1 aliphatic rings. The van der Waals surface area contributed by atoms with Crippen LogP contribution < -0.4 is 5.32 Å². The first-order valence-corrected chi connectivity index (χ1v) is 6.32. The van der Waals surface area contributed by atoms with Crippen molar-refractivity contribution < 1.29 is 0 Å². The van der Waals surface area contributed by atoms with Gasteiger partial charge in [-0.15, -0.1) is 11.8 Å². The Kier molecular flexibility index (Phi) is 3.90. The maximum absolute atomic E-state index is 3.46. The van der Waals surface area contributed by atoms with E-state index in [-0.39, 0.29) is 0 Å². The van der Waals surface area contributed by atoms with Gasteiger partial charge < -0.3 is 5.32 Å². The highest BCUT2D eigenvalue weighted by atomic mass is 32.2. The van der Waals surface area contributed by atoms with Crippen LogP contribution in [0.15, 0.2) is 35.2 Å². The van der Waals surface area contributed by atoms with Gasteiger partial charge in [-0.25, -0.2) is 0 Å². The van der Waals surface area contributed by atoms with Crippen LogP contribution in [-0.2, 0) is 0 Å². The Hall–Kier alpha value is -0.470. The van der Waals surface area contributed by atoms with Crippen molar-refractivity contribution in [3.63, 3.8) is 0 Å². The Bertz CT molecular complexity index is 254. The second-order valence-corrected chi connectivity index (χ2v) is 4.93. The van der Waals surface area contributed by atoms with E-state index >= 15 is 0 Å². The van der Waals surface area contributed by atoms with Gasteiger partial charge in [0.15, 0.2) is 0 Å². The average molecular weight is 207 g/mol. The van der Waals surface area contributed by atoms with E-state index in [1.54, 1.807) is 0 Å². The predicted molar refractivity (Wildman–Crippen MR) is 62.8 cm³/mol. The highest BCUT2D eigenvalue weighted by Gasteiger charge is 2.12. The maximum Gasteiger partial charge on any atom is 0.00720 e. The van der Waals surface area contributed by atoms with Crippen LogP contribution in [0.2, 0.25) is 0 Å². The lowest BCUT2D eigenvalue weighted by atomic mass is 10.0. The summed E-state index contributed by atoms with van der Waals surface area (Å²) in [7, 11) is 0. The van der Waals surface area contributed by atoms with Gasteiger partial charge in [0, 0.05) is 10.6 Å². The molecule has 1 atom stereocenters. The standard InChI is InChI=1S/C12H17NS/c1-2-6-12(7-3-1)14-10-11-5-4-8-13-9-11/h1-3,6-7,11,13H,4-5,8-10H2. The number of nitrogens with one attached hydrogen (secondary N) is 1. The second-order valence-electron chi connectivity index (χ2n) is 3.84. The van der Waals surface area contributed by atoms with E-state index < -0.39 is 0 Å². The molecule has 0 saturated carbocycles. The van der Waals surface area contributed by atoms with Gasteiger partial charge in [-0.05, 0) is 44.0 Å². The van der Waals surface area contributed by atoms with Gasteiger partial charge in [-0.1, -0.05) is 18.2 Å². The van der Waals surface area contributed by atoms with E-state index in [9.17, 15) is 0 Å². The summed E-state index contributed by atoms with van der Waals surface area (Å²) in [6.45, 7) is 2.42. The van der Waals surface area contributed by atoms with Gasteiger partial charge in [-0.2, -0.15) is 0 Å². The van der Waals surface area contributed by atoms with Crippen LogP contribution in [0.4, 0.5) is 0 Å². The van der Waals surface area contributed by atoms with Crippen molar-refractivity contribution in [3.8, 4) is 0 Å². The van der Waals surface area contributed by atoms with Crippen molar-refractivity contribution in [1.29, 1.82) is 0 Å². The molecular weight excluding hydrogens is 190 g/mol. The Balaban J connectivity index is 1.76. The van der Waals surface area contributed by atoms with Crippen molar-refractivity contribution in [2.75, 3.05) is 18.8 Å². The Morgan fingerprint density at radius 1 is 1.29 bits per heavy atom. The maximum atomic E-state index is 3.46. The van der Waals surface area contributed by atoms with Crippen molar-refractivity contribution >= 4 is 11.8 Å². The molecule has 0 radical (unpaired) electrons. The number of hydrogen-bond acceptors (Lipinski definition) is 2. The van der Waals surface area contributed by atoms with Crippen LogP contribution in [0.3, 0.4) is 0 Å². The summed E-state index contributed by atoms with van der Waals surface area (Å²) in [4.78, 5) is 1.40. The largest absolute Gasteiger partial charge is 0.316 e. The number of benzene rings is 1. The van der Waals surface area contributed by atoms with E-state index in [0.717, 1.165) is 5.92 Å². The first kappa shape index (κ1) is 10.1. The van der Waals surface area contributed by atoms with E-state index in [1.807, 2.05) is 11.8 Å². The van der Waals surface area contributed by atoms with E-state index in [0.29, 0.717) is 0 Å². The molecule has 1 aromatic carbocycles. The van der Waals surface area contributed by atoms with Gasteiger partial charge >= 0.3 is 0 Å². The molecule has 1 saturated heterocycles. The third-order valence-corrected chi connectivity index (χ3v) is 3.87. The van der Waals surface area contributed by atoms with Gasteiger partial charge in [0.2, 0.25) is 0 Å². The second kappa shape index (κ2) is 5.42. The summed E-state index contributed by atoms with van der Waals surface area (Å²) in [5, 5.41) is 3.46. The average Bonchev–Trinajstić information content (AvgIpc) is 2.29. The summed E-state index contributed by atoms with van der Waals surface area (Å²) in [5.74, 6) is 2.13. The minimum Gasteiger partial charge on any atom is -0.316 e. The van der Waals surface area contributed by atoms with Crippen LogP contribution in [-0.4, -0.2) is 18.8 Å². The Labute approximate surface area is 90.3 Å². The smallest absolute Gasteiger partial charge is 0.00720 e. The molecule has 1 aromatic rings. The van der Waals surface area contributed by atoms with E-state index in [2.05, 4.69) is 35.6 Å². The number of thioether (sulfide) groups is 1. The molecule has 0 aliphatic carbocycles. The van der Waals surface area contributed by atoms with E-state index in [4.69, 9.17) is 0 Å². The molecule has 0 amide bonds. The SMILES string of the molecule is c1ccc(SCC2CCCNC2)cc1. The lowest BCUT2D eigenvalue weighted by Gasteiger charge is -2.22. The highest BCUT2D eigenvalue weighted by Crippen LogP contribution is 2.23. The number of piperidine rings is 1. The van der Waals surface area contributed by atoms with Crippen LogP contribution in [0.5, 0.6) is 0 Å². The normalized spacial score (nSPS) is 22.1. The third-order valence-electron chi connectivity index (χ3n) is 2.63. The predicted octanol–water partition coefficient (Wildman–Crippen LogP) is 2.78. The lowest BCUT2D eigenvalue weighted by molar-refractivity contribution is 0.410. The molecule has 1 aliphatic heterocycles. The zero-order valence-electron chi connectivity index (χ0n) is 8.41. The molecule has 1 nitrogen and oxygen atoms in total. The molecule has 14 heavy (non-hydrogen) atoms. The molecule has 1 heterocycles. The zero-order valence-corrected chi connectivity index (χ0v) is 9.22. The highest BCUT2D eigenvalue weighted by molar-refractivity contribution is 7.99. The molecule has 0 aromatic heterocycles. The summed E-state index contributed by atoms with van der Waals surface area (Å²) >= 11 is 1.99. The first-order chi connectivity index (χ1) is 6.95. The van der Waals surface area contributed by atoms with Crippen molar-refractivity contribution in [1.82, 2.24) is 5.32 Å². The Morgan fingerprint density at radius 2 is 2.14 bits per heavy atom. The van der Waals surface area contributed by atoms with Crippen LogP contribution in [0.25, 0.3) is 0 Å².